The Morgan fingerprint density at radius 3 is 2.79 bits per heavy atom. The fourth-order valence-electron chi connectivity index (χ4n) is 2.40. The molecule has 3 aromatic rings. The van der Waals surface area contributed by atoms with Crippen molar-refractivity contribution in [3.05, 3.63) is 62.6 Å². The molecular weight excluding hydrogens is 374 g/mol. The maximum absolute atomic E-state index is 10.9. The number of nitro groups is 1. The van der Waals surface area contributed by atoms with E-state index >= 15 is 0 Å². The Bertz CT molecular complexity index is 931. The maximum atomic E-state index is 10.9. The van der Waals surface area contributed by atoms with E-state index < -0.39 is 4.92 Å². The third-order valence-electron chi connectivity index (χ3n) is 3.58. The van der Waals surface area contributed by atoms with Crippen molar-refractivity contribution in [1.82, 2.24) is 15.0 Å². The summed E-state index contributed by atoms with van der Waals surface area (Å²) in [6, 6.07) is 7.09. The smallest absolute Gasteiger partial charge is 0.287 e. The molecule has 1 N–H and O–H groups in total. The van der Waals surface area contributed by atoms with Crippen LogP contribution >= 0.6 is 15.9 Å². The summed E-state index contributed by atoms with van der Waals surface area (Å²) in [5.41, 5.74) is 1.51. The zero-order valence-electron chi connectivity index (χ0n) is 13.0. The summed E-state index contributed by atoms with van der Waals surface area (Å²) in [5.74, 6) is 1.33. The van der Waals surface area contributed by atoms with Crippen molar-refractivity contribution in [3.63, 3.8) is 0 Å². The maximum Gasteiger partial charge on any atom is 0.287 e. The van der Waals surface area contributed by atoms with Gasteiger partial charge in [0.15, 0.2) is 0 Å². The van der Waals surface area contributed by atoms with Crippen molar-refractivity contribution >= 4 is 38.3 Å². The first-order chi connectivity index (χ1) is 11.4. The highest BCUT2D eigenvalue weighted by Crippen LogP contribution is 2.28. The minimum atomic E-state index is -0.454. The van der Waals surface area contributed by atoms with E-state index in [0.717, 1.165) is 15.4 Å². The number of aryl methyl sites for hydroxylation is 1. The van der Waals surface area contributed by atoms with Gasteiger partial charge in [-0.2, -0.15) is 0 Å². The van der Waals surface area contributed by atoms with Gasteiger partial charge in [-0.3, -0.25) is 15.1 Å². The van der Waals surface area contributed by atoms with Crippen LogP contribution in [0.4, 0.5) is 11.5 Å². The molecule has 0 aliphatic carbocycles. The van der Waals surface area contributed by atoms with Crippen molar-refractivity contribution in [2.24, 2.45) is 0 Å². The lowest BCUT2D eigenvalue weighted by atomic mass is 10.1. The van der Waals surface area contributed by atoms with Crippen LogP contribution in [-0.4, -0.2) is 19.9 Å². The summed E-state index contributed by atoms with van der Waals surface area (Å²) in [4.78, 5) is 23.3. The van der Waals surface area contributed by atoms with E-state index in [9.17, 15) is 10.1 Å². The van der Waals surface area contributed by atoms with Crippen molar-refractivity contribution < 1.29 is 4.92 Å². The van der Waals surface area contributed by atoms with Gasteiger partial charge in [-0.05, 0) is 37.6 Å². The second-order valence-electron chi connectivity index (χ2n) is 5.38. The predicted molar refractivity (Wildman–Crippen MR) is 94.9 cm³/mol. The molecule has 0 spiro atoms. The van der Waals surface area contributed by atoms with Gasteiger partial charge in [-0.15, -0.1) is 0 Å². The quantitative estimate of drug-likeness (QED) is 0.532. The lowest BCUT2D eigenvalue weighted by molar-refractivity contribution is -0.385. The fraction of sp³-hybridized carbons (Fsp3) is 0.188. The van der Waals surface area contributed by atoms with Crippen LogP contribution in [0.25, 0.3) is 10.9 Å². The molecule has 8 heteroatoms. The summed E-state index contributed by atoms with van der Waals surface area (Å²) in [5, 5.41) is 15.1. The Kier molecular flexibility index (Phi) is 4.39. The Morgan fingerprint density at radius 2 is 2.04 bits per heavy atom. The van der Waals surface area contributed by atoms with E-state index in [-0.39, 0.29) is 11.7 Å². The van der Waals surface area contributed by atoms with Gasteiger partial charge in [0, 0.05) is 22.1 Å². The lowest BCUT2D eigenvalue weighted by Crippen LogP contribution is -2.10. The Morgan fingerprint density at radius 1 is 1.25 bits per heavy atom. The molecule has 0 aliphatic rings. The minimum Gasteiger partial charge on any atom is -0.363 e. The van der Waals surface area contributed by atoms with Crippen LogP contribution in [-0.2, 0) is 0 Å². The molecular formula is C16H14BrN5O2. The molecule has 0 amide bonds. The van der Waals surface area contributed by atoms with Crippen LogP contribution in [0.5, 0.6) is 0 Å². The SMILES string of the molecule is Cc1nc(NC(C)c2cncc([N+](=O)[O-])c2)c2cc(Br)ccc2n1. The molecule has 7 nitrogen and oxygen atoms in total. The third kappa shape index (κ3) is 3.33. The molecule has 0 fully saturated rings. The summed E-state index contributed by atoms with van der Waals surface area (Å²) in [6.45, 7) is 3.73. The average molecular weight is 388 g/mol. The van der Waals surface area contributed by atoms with Gasteiger partial charge < -0.3 is 5.32 Å². The number of anilines is 1. The molecule has 1 atom stereocenters. The van der Waals surface area contributed by atoms with E-state index in [1.165, 1.54) is 12.3 Å². The molecule has 122 valence electrons. The van der Waals surface area contributed by atoms with Gasteiger partial charge in [0.2, 0.25) is 0 Å². The van der Waals surface area contributed by atoms with Gasteiger partial charge >= 0.3 is 0 Å². The molecule has 0 aliphatic heterocycles. The minimum absolute atomic E-state index is 0.0346. The topological polar surface area (TPSA) is 93.8 Å². The number of nitrogens with zero attached hydrogens (tertiary/aromatic N) is 4. The lowest BCUT2D eigenvalue weighted by Gasteiger charge is -2.16. The van der Waals surface area contributed by atoms with E-state index in [4.69, 9.17) is 0 Å². The van der Waals surface area contributed by atoms with Gasteiger partial charge in [0.25, 0.3) is 5.69 Å². The molecule has 2 aromatic heterocycles. The second-order valence-corrected chi connectivity index (χ2v) is 6.30. The number of benzene rings is 1. The molecule has 3 rings (SSSR count). The highest BCUT2D eigenvalue weighted by Gasteiger charge is 2.14. The Labute approximate surface area is 146 Å². The summed E-state index contributed by atoms with van der Waals surface area (Å²) < 4.78 is 0.926. The Hall–Kier alpha value is -2.61. The summed E-state index contributed by atoms with van der Waals surface area (Å²) in [7, 11) is 0. The molecule has 24 heavy (non-hydrogen) atoms. The average Bonchev–Trinajstić information content (AvgIpc) is 2.55. The molecule has 1 aromatic carbocycles. The van der Waals surface area contributed by atoms with Crippen LogP contribution in [0.1, 0.15) is 24.4 Å². The predicted octanol–water partition coefficient (Wildman–Crippen LogP) is 4.18. The molecule has 0 radical (unpaired) electrons. The molecule has 1 unspecified atom stereocenters. The van der Waals surface area contributed by atoms with Crippen LogP contribution in [0.15, 0.2) is 41.1 Å². The van der Waals surface area contributed by atoms with Crippen LogP contribution in [0.2, 0.25) is 0 Å². The van der Waals surface area contributed by atoms with E-state index in [2.05, 4.69) is 36.2 Å². The standard InChI is InChI=1S/C16H14BrN5O2/c1-9(11-5-13(22(23)24)8-18-7-11)19-16-14-6-12(17)3-4-15(14)20-10(2)21-16/h3-9H,1-2H3,(H,19,20,21). The Balaban J connectivity index is 1.98. The van der Waals surface area contributed by atoms with Gasteiger partial charge in [-0.1, -0.05) is 15.9 Å². The normalized spacial score (nSPS) is 12.1. The number of fused-ring (bicyclic) bond motifs is 1. The monoisotopic (exact) mass is 387 g/mol. The van der Waals surface area contributed by atoms with Crippen molar-refractivity contribution in [3.8, 4) is 0 Å². The highest BCUT2D eigenvalue weighted by atomic mass is 79.9. The van der Waals surface area contributed by atoms with Crippen molar-refractivity contribution in [2.75, 3.05) is 5.32 Å². The number of halogens is 1. The fourth-order valence-corrected chi connectivity index (χ4v) is 2.76. The first-order valence-electron chi connectivity index (χ1n) is 7.24. The number of rotatable bonds is 4. The van der Waals surface area contributed by atoms with Crippen LogP contribution in [0, 0.1) is 17.0 Å². The highest BCUT2D eigenvalue weighted by molar-refractivity contribution is 9.10. The third-order valence-corrected chi connectivity index (χ3v) is 4.07. The zero-order chi connectivity index (χ0) is 17.3. The first kappa shape index (κ1) is 16.3. The number of aromatic nitrogens is 3. The molecule has 2 heterocycles. The first-order valence-corrected chi connectivity index (χ1v) is 8.03. The largest absolute Gasteiger partial charge is 0.363 e. The second kappa shape index (κ2) is 6.48. The van der Waals surface area contributed by atoms with Crippen LogP contribution in [0.3, 0.4) is 0 Å². The summed E-state index contributed by atoms with van der Waals surface area (Å²) >= 11 is 3.45. The van der Waals surface area contributed by atoms with E-state index in [1.54, 1.807) is 6.20 Å². The number of hydrogen-bond donors (Lipinski definition) is 1. The van der Waals surface area contributed by atoms with Crippen LogP contribution < -0.4 is 5.32 Å². The zero-order valence-corrected chi connectivity index (χ0v) is 14.6. The van der Waals surface area contributed by atoms with E-state index in [0.29, 0.717) is 17.2 Å². The molecule has 0 bridgehead atoms. The van der Waals surface area contributed by atoms with Crippen molar-refractivity contribution in [2.45, 2.75) is 19.9 Å². The van der Waals surface area contributed by atoms with Gasteiger partial charge in [0.05, 0.1) is 16.5 Å². The number of hydrogen-bond acceptors (Lipinski definition) is 6. The number of pyridine rings is 1. The van der Waals surface area contributed by atoms with Crippen molar-refractivity contribution in [1.29, 1.82) is 0 Å². The summed E-state index contributed by atoms with van der Waals surface area (Å²) in [6.07, 6.45) is 2.84. The number of nitrogens with one attached hydrogen (secondary N) is 1. The molecule has 0 saturated carbocycles. The van der Waals surface area contributed by atoms with Gasteiger partial charge in [-0.25, -0.2) is 9.97 Å². The van der Waals surface area contributed by atoms with E-state index in [1.807, 2.05) is 32.0 Å². The van der Waals surface area contributed by atoms with Gasteiger partial charge in [0.1, 0.15) is 17.8 Å². The molecule has 0 saturated heterocycles.